The number of hydrogen-bond donors (Lipinski definition) is 1. The Kier molecular flexibility index (Phi) is 7.69. The van der Waals surface area contributed by atoms with E-state index in [0.717, 1.165) is 54.4 Å². The van der Waals surface area contributed by atoms with Crippen LogP contribution in [0.2, 0.25) is 0 Å². The van der Waals surface area contributed by atoms with Crippen molar-refractivity contribution in [1.29, 1.82) is 0 Å². The van der Waals surface area contributed by atoms with Crippen molar-refractivity contribution >= 4 is 33.1 Å². The molecule has 3 aromatic rings. The molecule has 188 valence electrons. The molecule has 0 radical (unpaired) electrons. The summed E-state index contributed by atoms with van der Waals surface area (Å²) in [4.78, 5) is 19.5. The number of aromatic nitrogens is 1. The van der Waals surface area contributed by atoms with E-state index in [1.54, 1.807) is 11.9 Å². The van der Waals surface area contributed by atoms with Gasteiger partial charge in [0.1, 0.15) is 0 Å². The van der Waals surface area contributed by atoms with Crippen LogP contribution in [-0.4, -0.2) is 29.4 Å². The molecule has 1 amide bonds. The van der Waals surface area contributed by atoms with E-state index in [2.05, 4.69) is 10.3 Å². The Balaban J connectivity index is 1.65. The number of halogens is 3. The summed E-state index contributed by atoms with van der Waals surface area (Å²) in [5, 5.41) is 3.67. The van der Waals surface area contributed by atoms with Crippen molar-refractivity contribution < 1.29 is 18.0 Å². The number of pyridine rings is 1. The largest absolute Gasteiger partial charge is 0.417 e. The van der Waals surface area contributed by atoms with Crippen molar-refractivity contribution in [2.45, 2.75) is 64.6 Å². The van der Waals surface area contributed by atoms with E-state index in [9.17, 15) is 18.0 Å². The molecular weight excluding hydrogens is 471 g/mol. The van der Waals surface area contributed by atoms with E-state index in [0.29, 0.717) is 28.2 Å². The Labute approximate surface area is 208 Å². The highest BCUT2D eigenvalue weighted by Crippen LogP contribution is 2.44. The summed E-state index contributed by atoms with van der Waals surface area (Å²) < 4.78 is 40.4. The minimum atomic E-state index is -4.41. The summed E-state index contributed by atoms with van der Waals surface area (Å²) in [5.74, 6) is 0.378. The van der Waals surface area contributed by atoms with Crippen molar-refractivity contribution in [3.05, 3.63) is 58.1 Å². The number of alkyl halides is 3. The second kappa shape index (κ2) is 10.6. The van der Waals surface area contributed by atoms with Crippen LogP contribution in [0.15, 0.2) is 36.5 Å². The first-order chi connectivity index (χ1) is 16.7. The molecule has 0 saturated heterocycles. The van der Waals surface area contributed by atoms with Crippen LogP contribution in [0.5, 0.6) is 0 Å². The molecule has 0 spiro atoms. The van der Waals surface area contributed by atoms with E-state index in [4.69, 9.17) is 0 Å². The standard InChI is InChI=1S/C27H32F3N3OS/c1-4-14-33(3)26(34)19-10-12-21(13-11-19)32-24(18-8-6-5-7-9-18)25-17(2)23-22(35-25)15-20(16-31-23)27(28,29)30/h10-13,15-16,18,24,32H,4-9,14H2,1-3H3. The summed E-state index contributed by atoms with van der Waals surface area (Å²) in [7, 11) is 1.81. The molecule has 0 bridgehead atoms. The van der Waals surface area contributed by atoms with Crippen LogP contribution in [0.25, 0.3) is 10.2 Å². The van der Waals surface area contributed by atoms with Gasteiger partial charge in [0.2, 0.25) is 0 Å². The molecule has 1 aliphatic carbocycles. The van der Waals surface area contributed by atoms with E-state index < -0.39 is 11.7 Å². The monoisotopic (exact) mass is 503 g/mol. The Morgan fingerprint density at radius 2 is 1.89 bits per heavy atom. The number of carbonyl (C=O) groups is 1. The lowest BCUT2D eigenvalue weighted by Crippen LogP contribution is -2.27. The lowest BCUT2D eigenvalue weighted by molar-refractivity contribution is -0.137. The zero-order chi connectivity index (χ0) is 25.2. The number of carbonyl (C=O) groups excluding carboxylic acids is 1. The number of anilines is 1. The van der Waals surface area contributed by atoms with Gasteiger partial charge >= 0.3 is 6.18 Å². The van der Waals surface area contributed by atoms with Crippen LogP contribution >= 0.6 is 11.3 Å². The number of aryl methyl sites for hydroxylation is 1. The average molecular weight is 504 g/mol. The predicted octanol–water partition coefficient (Wildman–Crippen LogP) is 7.84. The molecule has 1 N–H and O–H groups in total. The first-order valence-electron chi connectivity index (χ1n) is 12.3. The number of hydrogen-bond acceptors (Lipinski definition) is 4. The van der Waals surface area contributed by atoms with Gasteiger partial charge in [-0.1, -0.05) is 26.2 Å². The zero-order valence-electron chi connectivity index (χ0n) is 20.4. The van der Waals surface area contributed by atoms with Gasteiger partial charge in [0.05, 0.1) is 21.8 Å². The summed E-state index contributed by atoms with van der Waals surface area (Å²) in [5.41, 5.74) is 2.40. The maximum absolute atomic E-state index is 13.3. The second-order valence-corrected chi connectivity index (χ2v) is 10.6. The molecule has 1 saturated carbocycles. The SMILES string of the molecule is CCCN(C)C(=O)c1ccc(NC(c2sc3cc(C(F)(F)F)cnc3c2C)C2CCCCC2)cc1. The second-order valence-electron chi connectivity index (χ2n) is 9.48. The fraction of sp³-hybridized carbons (Fsp3) is 0.481. The first-order valence-corrected chi connectivity index (χ1v) is 13.1. The van der Waals surface area contributed by atoms with Crippen LogP contribution in [0, 0.1) is 12.8 Å². The van der Waals surface area contributed by atoms with Crippen molar-refractivity contribution in [3.63, 3.8) is 0 Å². The van der Waals surface area contributed by atoms with Gasteiger partial charge in [-0.3, -0.25) is 9.78 Å². The molecule has 1 fully saturated rings. The van der Waals surface area contributed by atoms with Gasteiger partial charge in [-0.25, -0.2) is 0 Å². The zero-order valence-corrected chi connectivity index (χ0v) is 21.2. The van der Waals surface area contributed by atoms with E-state index >= 15 is 0 Å². The molecule has 0 aliphatic heterocycles. The molecule has 1 aromatic carbocycles. The van der Waals surface area contributed by atoms with E-state index in [1.165, 1.54) is 23.8 Å². The van der Waals surface area contributed by atoms with Crippen molar-refractivity contribution in [2.24, 2.45) is 5.92 Å². The third-order valence-corrected chi connectivity index (χ3v) is 8.20. The van der Waals surface area contributed by atoms with Gasteiger partial charge in [-0.15, -0.1) is 11.3 Å². The minimum Gasteiger partial charge on any atom is -0.377 e. The summed E-state index contributed by atoms with van der Waals surface area (Å²) in [6, 6.07) is 8.71. The molecular formula is C27H32F3N3OS. The topological polar surface area (TPSA) is 45.2 Å². The number of nitrogens with one attached hydrogen (secondary N) is 1. The van der Waals surface area contributed by atoms with Gasteiger partial charge in [-0.05, 0) is 68.0 Å². The summed E-state index contributed by atoms with van der Waals surface area (Å²) in [6.45, 7) is 4.70. The third kappa shape index (κ3) is 5.63. The Morgan fingerprint density at radius 1 is 1.20 bits per heavy atom. The fourth-order valence-corrected chi connectivity index (χ4v) is 6.33. The number of fused-ring (bicyclic) bond motifs is 1. The minimum absolute atomic E-state index is 0.00544. The molecule has 2 heterocycles. The van der Waals surface area contributed by atoms with Crippen LogP contribution in [0.1, 0.15) is 77.9 Å². The maximum Gasteiger partial charge on any atom is 0.417 e. The number of amides is 1. The predicted molar refractivity (Wildman–Crippen MR) is 136 cm³/mol. The summed E-state index contributed by atoms with van der Waals surface area (Å²) >= 11 is 1.41. The normalized spacial score (nSPS) is 15.8. The van der Waals surface area contributed by atoms with Gasteiger partial charge in [-0.2, -0.15) is 13.2 Å². The smallest absolute Gasteiger partial charge is 0.377 e. The molecule has 35 heavy (non-hydrogen) atoms. The molecule has 1 unspecified atom stereocenters. The molecule has 4 rings (SSSR count). The molecule has 1 atom stereocenters. The number of benzene rings is 1. The van der Waals surface area contributed by atoms with E-state index in [1.807, 2.05) is 38.1 Å². The van der Waals surface area contributed by atoms with Crippen LogP contribution < -0.4 is 5.32 Å². The number of thiophene rings is 1. The quantitative estimate of drug-likeness (QED) is 0.357. The van der Waals surface area contributed by atoms with Crippen LogP contribution in [0.4, 0.5) is 18.9 Å². The average Bonchev–Trinajstić information content (AvgIpc) is 3.18. The van der Waals surface area contributed by atoms with E-state index in [-0.39, 0.29) is 11.9 Å². The summed E-state index contributed by atoms with van der Waals surface area (Å²) in [6.07, 6.45) is 3.09. The lowest BCUT2D eigenvalue weighted by atomic mass is 9.82. The molecule has 4 nitrogen and oxygen atoms in total. The highest BCUT2D eigenvalue weighted by Gasteiger charge is 2.33. The maximum atomic E-state index is 13.3. The number of rotatable bonds is 7. The van der Waals surface area contributed by atoms with Crippen molar-refractivity contribution in [3.8, 4) is 0 Å². The molecule has 2 aromatic heterocycles. The van der Waals surface area contributed by atoms with Crippen molar-refractivity contribution in [1.82, 2.24) is 9.88 Å². The first kappa shape index (κ1) is 25.5. The highest BCUT2D eigenvalue weighted by atomic mass is 32.1. The van der Waals surface area contributed by atoms with Crippen molar-refractivity contribution in [2.75, 3.05) is 18.9 Å². The molecule has 1 aliphatic rings. The van der Waals surface area contributed by atoms with Gasteiger partial charge in [0.25, 0.3) is 5.91 Å². The van der Waals surface area contributed by atoms with Gasteiger partial charge in [0.15, 0.2) is 0 Å². The Morgan fingerprint density at radius 3 is 2.51 bits per heavy atom. The van der Waals surface area contributed by atoms with Gasteiger partial charge < -0.3 is 10.2 Å². The van der Waals surface area contributed by atoms with Crippen LogP contribution in [-0.2, 0) is 6.18 Å². The fourth-order valence-electron chi connectivity index (χ4n) is 4.98. The lowest BCUT2D eigenvalue weighted by Gasteiger charge is -2.31. The van der Waals surface area contributed by atoms with Gasteiger partial charge in [0, 0.05) is 35.9 Å². The highest BCUT2D eigenvalue weighted by molar-refractivity contribution is 7.19. The number of nitrogens with zero attached hydrogens (tertiary/aromatic N) is 2. The molecule has 8 heteroatoms. The third-order valence-electron chi connectivity index (χ3n) is 6.89. The Bertz CT molecular complexity index is 1170. The van der Waals surface area contributed by atoms with Crippen LogP contribution in [0.3, 0.4) is 0 Å². The Hall–Kier alpha value is -2.61.